The van der Waals surface area contributed by atoms with Crippen LogP contribution in [-0.4, -0.2) is 19.3 Å². The number of nitrogens with zero attached hydrogens (tertiary/aromatic N) is 4. The highest BCUT2D eigenvalue weighted by atomic mass is 35.5. The molecule has 0 atom stereocenters. The normalized spacial score (nSPS) is 11.4. The first-order chi connectivity index (χ1) is 9.52. The molecule has 0 unspecified atom stereocenters. The molecule has 0 bridgehead atoms. The maximum absolute atomic E-state index is 14.0. The van der Waals surface area contributed by atoms with Crippen molar-refractivity contribution < 1.29 is 8.78 Å². The van der Waals surface area contributed by atoms with Crippen LogP contribution in [0, 0.1) is 18.6 Å². The van der Waals surface area contributed by atoms with Gasteiger partial charge in [0.15, 0.2) is 5.65 Å². The molecule has 2 aromatic heterocycles. The highest BCUT2D eigenvalue weighted by Crippen LogP contribution is 2.26. The number of hydrogen-bond donors (Lipinski definition) is 0. The lowest BCUT2D eigenvalue weighted by Crippen LogP contribution is -2.06. The minimum Gasteiger partial charge on any atom is -0.277 e. The summed E-state index contributed by atoms with van der Waals surface area (Å²) in [6, 6.07) is 3.40. The van der Waals surface area contributed by atoms with Crippen LogP contribution in [-0.2, 0) is 12.9 Å². The predicted molar refractivity (Wildman–Crippen MR) is 72.0 cm³/mol. The van der Waals surface area contributed by atoms with E-state index in [1.165, 1.54) is 12.1 Å². The molecule has 1 aromatic carbocycles. The third-order valence-corrected chi connectivity index (χ3v) is 3.38. The van der Waals surface area contributed by atoms with E-state index in [4.69, 9.17) is 11.6 Å². The Balaban J connectivity index is 2.39. The van der Waals surface area contributed by atoms with Crippen LogP contribution in [0.4, 0.5) is 8.78 Å². The van der Waals surface area contributed by atoms with Crippen LogP contribution in [0.15, 0.2) is 18.2 Å². The van der Waals surface area contributed by atoms with Crippen LogP contribution in [0.5, 0.6) is 0 Å². The summed E-state index contributed by atoms with van der Waals surface area (Å²) in [5, 5.41) is 4.25. The third kappa shape index (κ3) is 1.79. The zero-order chi connectivity index (χ0) is 14.4. The Morgan fingerprint density at radius 1 is 1.30 bits per heavy atom. The number of aromatic nitrogens is 4. The van der Waals surface area contributed by atoms with Crippen molar-refractivity contribution in [3.05, 3.63) is 41.4 Å². The van der Waals surface area contributed by atoms with Crippen molar-refractivity contribution in [2.24, 2.45) is 7.05 Å². The number of hydrogen-bond acceptors (Lipinski definition) is 2. The van der Waals surface area contributed by atoms with Gasteiger partial charge in [-0.2, -0.15) is 5.10 Å². The minimum atomic E-state index is -0.672. The van der Waals surface area contributed by atoms with Crippen LogP contribution in [0.1, 0.15) is 11.5 Å². The van der Waals surface area contributed by atoms with Crippen LogP contribution in [0.2, 0.25) is 0 Å². The zero-order valence-corrected chi connectivity index (χ0v) is 11.6. The summed E-state index contributed by atoms with van der Waals surface area (Å²) >= 11 is 5.89. The molecular weight excluding hydrogens is 286 g/mol. The molecule has 0 spiro atoms. The van der Waals surface area contributed by atoms with Gasteiger partial charge < -0.3 is 0 Å². The first-order valence-electron chi connectivity index (χ1n) is 5.95. The summed E-state index contributed by atoms with van der Waals surface area (Å²) in [7, 11) is 1.74. The van der Waals surface area contributed by atoms with Gasteiger partial charge in [-0.1, -0.05) is 0 Å². The average molecular weight is 297 g/mol. The lowest BCUT2D eigenvalue weighted by atomic mass is 10.3. The molecule has 3 rings (SSSR count). The van der Waals surface area contributed by atoms with E-state index in [1.54, 1.807) is 16.3 Å². The van der Waals surface area contributed by atoms with E-state index in [9.17, 15) is 8.78 Å². The maximum Gasteiger partial charge on any atom is 0.163 e. The SMILES string of the molecule is Cc1nn(C)c2c1nc(CCl)n2-c1ccc(F)cc1F. The van der Waals surface area contributed by atoms with Crippen LogP contribution >= 0.6 is 11.6 Å². The Labute approximate surface area is 118 Å². The van der Waals surface area contributed by atoms with Crippen molar-refractivity contribution in [2.75, 3.05) is 0 Å². The Bertz CT molecular complexity index is 806. The lowest BCUT2D eigenvalue weighted by Gasteiger charge is -2.09. The van der Waals surface area contributed by atoms with Gasteiger partial charge in [0.05, 0.1) is 17.3 Å². The fraction of sp³-hybridized carbons (Fsp3) is 0.231. The Morgan fingerprint density at radius 3 is 2.70 bits per heavy atom. The highest BCUT2D eigenvalue weighted by Gasteiger charge is 2.20. The number of fused-ring (bicyclic) bond motifs is 1. The quantitative estimate of drug-likeness (QED) is 0.681. The van der Waals surface area contributed by atoms with E-state index < -0.39 is 11.6 Å². The molecule has 3 aromatic rings. The van der Waals surface area contributed by atoms with Crippen molar-refractivity contribution in [3.8, 4) is 5.69 Å². The number of imidazole rings is 1. The molecule has 0 saturated carbocycles. The molecule has 0 radical (unpaired) electrons. The van der Waals surface area contributed by atoms with Crippen molar-refractivity contribution in [2.45, 2.75) is 12.8 Å². The van der Waals surface area contributed by atoms with Gasteiger partial charge in [-0.05, 0) is 19.1 Å². The largest absolute Gasteiger partial charge is 0.277 e. The number of alkyl halides is 1. The van der Waals surface area contributed by atoms with E-state index in [0.29, 0.717) is 17.0 Å². The summed E-state index contributed by atoms with van der Waals surface area (Å²) in [5.74, 6) is -0.695. The summed E-state index contributed by atoms with van der Waals surface area (Å²) in [5.41, 5.74) is 2.22. The minimum absolute atomic E-state index is 0.116. The van der Waals surface area contributed by atoms with Gasteiger partial charge in [-0.25, -0.2) is 18.4 Å². The second-order valence-electron chi connectivity index (χ2n) is 4.47. The molecule has 2 heterocycles. The molecular formula is C13H11ClF2N4. The Kier molecular flexibility index (Phi) is 2.97. The molecule has 0 amide bonds. The fourth-order valence-corrected chi connectivity index (χ4v) is 2.50. The van der Waals surface area contributed by atoms with Gasteiger partial charge >= 0.3 is 0 Å². The number of benzene rings is 1. The van der Waals surface area contributed by atoms with Crippen molar-refractivity contribution in [1.29, 1.82) is 0 Å². The molecule has 0 aliphatic heterocycles. The van der Waals surface area contributed by atoms with Gasteiger partial charge in [-0.15, -0.1) is 11.6 Å². The first-order valence-corrected chi connectivity index (χ1v) is 6.48. The van der Waals surface area contributed by atoms with E-state index in [1.807, 2.05) is 6.92 Å². The molecule has 0 N–H and O–H groups in total. The predicted octanol–water partition coefficient (Wildman–Crippen LogP) is 3.08. The number of aryl methyl sites for hydroxylation is 2. The van der Waals surface area contributed by atoms with E-state index in [-0.39, 0.29) is 11.6 Å². The molecule has 4 nitrogen and oxygen atoms in total. The van der Waals surface area contributed by atoms with Crippen LogP contribution in [0.25, 0.3) is 16.9 Å². The lowest BCUT2D eigenvalue weighted by molar-refractivity contribution is 0.576. The number of rotatable bonds is 2. The molecule has 0 aliphatic carbocycles. The van der Waals surface area contributed by atoms with Gasteiger partial charge in [0.2, 0.25) is 0 Å². The van der Waals surface area contributed by atoms with E-state index >= 15 is 0 Å². The molecule has 0 saturated heterocycles. The molecule has 0 aliphatic rings. The molecule has 104 valence electrons. The van der Waals surface area contributed by atoms with E-state index in [2.05, 4.69) is 10.1 Å². The topological polar surface area (TPSA) is 35.6 Å². The van der Waals surface area contributed by atoms with Gasteiger partial charge in [0.1, 0.15) is 23.0 Å². The van der Waals surface area contributed by atoms with Crippen LogP contribution < -0.4 is 0 Å². The smallest absolute Gasteiger partial charge is 0.163 e. The molecule has 0 fully saturated rings. The summed E-state index contributed by atoms with van der Waals surface area (Å²) in [4.78, 5) is 4.38. The molecule has 7 heteroatoms. The maximum atomic E-state index is 14.0. The Morgan fingerprint density at radius 2 is 2.05 bits per heavy atom. The third-order valence-electron chi connectivity index (χ3n) is 3.14. The van der Waals surface area contributed by atoms with Crippen LogP contribution in [0.3, 0.4) is 0 Å². The van der Waals surface area contributed by atoms with Crippen molar-refractivity contribution >= 4 is 22.8 Å². The van der Waals surface area contributed by atoms with Gasteiger partial charge in [0, 0.05) is 13.1 Å². The average Bonchev–Trinajstić information content (AvgIpc) is 2.89. The van der Waals surface area contributed by atoms with Gasteiger partial charge in [-0.3, -0.25) is 4.57 Å². The van der Waals surface area contributed by atoms with Crippen molar-refractivity contribution in [3.63, 3.8) is 0 Å². The summed E-state index contributed by atoms with van der Waals surface area (Å²) in [6.07, 6.45) is 0. The second kappa shape index (κ2) is 4.56. The van der Waals surface area contributed by atoms with E-state index in [0.717, 1.165) is 11.8 Å². The standard InChI is InChI=1S/C13H11ClF2N4/c1-7-12-13(19(2)18-7)20(11(6-14)17-12)10-4-3-8(15)5-9(10)16/h3-5H,6H2,1-2H3. The monoisotopic (exact) mass is 296 g/mol. The van der Waals surface area contributed by atoms with Gasteiger partial charge in [0.25, 0.3) is 0 Å². The zero-order valence-electron chi connectivity index (χ0n) is 10.9. The molecule has 20 heavy (non-hydrogen) atoms. The van der Waals surface area contributed by atoms with Crippen molar-refractivity contribution in [1.82, 2.24) is 19.3 Å². The number of halogens is 3. The second-order valence-corrected chi connectivity index (χ2v) is 4.74. The first kappa shape index (κ1) is 13.1. The summed E-state index contributed by atoms with van der Waals surface area (Å²) in [6.45, 7) is 1.82. The highest BCUT2D eigenvalue weighted by molar-refractivity contribution is 6.17. The summed E-state index contributed by atoms with van der Waals surface area (Å²) < 4.78 is 30.3. The Hall–Kier alpha value is -1.95. The fourth-order valence-electron chi connectivity index (χ4n) is 2.32.